The van der Waals surface area contributed by atoms with Gasteiger partial charge in [-0.2, -0.15) is 0 Å². The molecule has 0 aromatic heterocycles. The van der Waals surface area contributed by atoms with E-state index in [4.69, 9.17) is 41.0 Å². The fourth-order valence-corrected chi connectivity index (χ4v) is 11.7. The number of primary amides is 1. The Hall–Kier alpha value is -7.21. The summed E-state index contributed by atoms with van der Waals surface area (Å²) >= 11 is 6.85. The number of hydrogen-bond donors (Lipinski definition) is 5. The normalized spacial score (nSPS) is 26.0. The van der Waals surface area contributed by atoms with Gasteiger partial charge in [0.2, 0.25) is 23.6 Å². The lowest BCUT2D eigenvalue weighted by molar-refractivity contribution is -0.158. The molecule has 11 atom stereocenters. The van der Waals surface area contributed by atoms with Crippen molar-refractivity contribution in [2.45, 2.75) is 173 Å². The number of aliphatic hydroxyl groups is 1. The van der Waals surface area contributed by atoms with Crippen LogP contribution in [0.4, 0.5) is 15.3 Å². The number of anilines is 1. The van der Waals surface area contributed by atoms with Crippen LogP contribution in [0.2, 0.25) is 5.02 Å². The number of ether oxygens (including phenoxy) is 5. The van der Waals surface area contributed by atoms with E-state index in [1.54, 1.807) is 57.2 Å². The largest absolute Gasteiger partial charge is 0.495 e. The number of Topliss-reactive ketones (excluding diaryl/α,β-unsaturated/α-hetero) is 2. The van der Waals surface area contributed by atoms with E-state index in [0.717, 1.165) is 11.1 Å². The van der Waals surface area contributed by atoms with Crippen LogP contribution >= 0.6 is 11.6 Å². The lowest BCUT2D eigenvalue weighted by Crippen LogP contribution is -2.63. The number of likely N-dealkylation sites (tertiary alicyclic amines) is 1. The van der Waals surface area contributed by atoms with Crippen molar-refractivity contribution in [3.8, 4) is 5.75 Å². The van der Waals surface area contributed by atoms with Gasteiger partial charge in [0, 0.05) is 89.7 Å². The molecule has 24 heteroatoms. The number of alkyl carbamates (subject to hydrolysis) is 1. The first-order chi connectivity index (χ1) is 41.0. The quantitative estimate of drug-likeness (QED) is 0.0345. The maximum Gasteiger partial charge on any atom is 0.409 e. The fourth-order valence-electron chi connectivity index (χ4n) is 11.4. The van der Waals surface area contributed by atoms with Gasteiger partial charge < -0.3 is 55.0 Å². The molecule has 23 nitrogen and oxygen atoms in total. The number of nitrogens with zero attached hydrogens (tertiary/aromatic N) is 3. The molecule has 4 aliphatic heterocycles. The highest BCUT2D eigenvalue weighted by atomic mass is 35.5. The Morgan fingerprint density at radius 1 is 0.977 bits per heavy atom. The van der Waals surface area contributed by atoms with Crippen LogP contribution in [-0.2, 0) is 65.4 Å². The van der Waals surface area contributed by atoms with Gasteiger partial charge in [0.05, 0.1) is 31.4 Å². The minimum absolute atomic E-state index is 0.0561. The van der Waals surface area contributed by atoms with E-state index < -0.39 is 102 Å². The number of likely N-dealkylation sites (N-methyl/N-ethyl adjacent to an activating group) is 1. The molecule has 2 aromatic rings. The number of methoxy groups -OCH3 is 2. The van der Waals surface area contributed by atoms with Gasteiger partial charge in [0.25, 0.3) is 5.91 Å². The molecule has 4 aliphatic rings. The second-order valence-electron chi connectivity index (χ2n) is 24.0. The number of epoxide rings is 1. The number of esters is 1. The monoisotopic (exact) mass is 1230 g/mol. The van der Waals surface area contributed by atoms with Crippen molar-refractivity contribution in [3.05, 3.63) is 81.9 Å². The Morgan fingerprint density at radius 2 is 1.68 bits per heavy atom. The molecule has 3 fully saturated rings. The fraction of sp³-hybridized carbons (Fsp3) is 0.587. The number of benzene rings is 2. The van der Waals surface area contributed by atoms with Crippen LogP contribution in [0.3, 0.4) is 0 Å². The number of halogens is 1. The molecule has 1 unspecified atom stereocenters. The topological polar surface area (TPSA) is 312 Å². The van der Waals surface area contributed by atoms with E-state index >= 15 is 0 Å². The Kier molecular flexibility index (Phi) is 23.9. The van der Waals surface area contributed by atoms with Crippen LogP contribution < -0.4 is 31.3 Å². The van der Waals surface area contributed by atoms with E-state index in [9.17, 15) is 53.1 Å². The van der Waals surface area contributed by atoms with Crippen LogP contribution in [0, 0.1) is 23.7 Å². The Bertz CT molecular complexity index is 2970. The molecule has 6 rings (SSSR count). The van der Waals surface area contributed by atoms with Gasteiger partial charge in [-0.3, -0.25) is 43.8 Å². The number of allylic oxidation sites excluding steroid dienone is 3. The van der Waals surface area contributed by atoms with E-state index in [-0.39, 0.29) is 97.3 Å². The first kappa shape index (κ1) is 68.9. The standard InChI is InChI=1S/C63H86ClN7O16/c1-35(2)44(32-43(72)18-13-12-14-26-71-53(75)28-37(4)57(71)77)56(76)67-45(19-16-25-66-60(65)80)47(73)30-40-21-23-42(24-22-40)58(78)69(8)39(6)59(79)86-51-33-52(74)70(9)46-29-41(31-48(83-10)54(46)64)27-36(3)17-15-20-50(84-11)63(82)34-49(85-61(81)68-63)38(5)55-62(51,7)87-55/h15,17,20-24,29,31,35,37-39,44-45,49-51,55,82H,12-14,16,18-19,25-28,30,32-34H2,1-11H3,(H,67,76)(H,68,81)(H3,65,66,80)/b20-15+,36-17+/t37?,38-,39+,44+,45+,49+,50-,51+,55+,62+,63+/m1/s1. The van der Waals surface area contributed by atoms with Gasteiger partial charge in [0.1, 0.15) is 46.5 Å². The first-order valence-electron chi connectivity index (χ1n) is 29.7. The average molecular weight is 1230 g/mol. The van der Waals surface area contributed by atoms with Gasteiger partial charge in [0.15, 0.2) is 11.5 Å². The molecule has 0 radical (unpaired) electrons. The minimum atomic E-state index is -1.91. The predicted octanol–water partition coefficient (Wildman–Crippen LogP) is 6.06. The molecule has 6 N–H and O–H groups in total. The number of rotatable bonds is 24. The van der Waals surface area contributed by atoms with Crippen molar-refractivity contribution in [1.29, 1.82) is 0 Å². The minimum Gasteiger partial charge on any atom is -0.495 e. The van der Waals surface area contributed by atoms with E-state index in [0.29, 0.717) is 49.2 Å². The number of carbonyl (C=O) groups excluding carboxylic acids is 10. The van der Waals surface area contributed by atoms with Gasteiger partial charge in [-0.25, -0.2) is 14.4 Å². The molecule has 0 saturated carbocycles. The number of fused-ring (bicyclic) bond motifs is 5. The summed E-state index contributed by atoms with van der Waals surface area (Å²) in [5.74, 6) is -4.99. The molecular formula is C63H86ClN7O16. The van der Waals surface area contributed by atoms with Crippen molar-refractivity contribution in [1.82, 2.24) is 25.8 Å². The number of ketones is 2. The highest BCUT2D eigenvalue weighted by Crippen LogP contribution is 2.49. The first-order valence-corrected chi connectivity index (χ1v) is 30.1. The number of carbonyl (C=O) groups is 10. The number of nitrogens with two attached hydrogens (primary N) is 1. The van der Waals surface area contributed by atoms with E-state index in [1.807, 2.05) is 26.8 Å². The van der Waals surface area contributed by atoms with Crippen LogP contribution in [0.15, 0.2) is 60.2 Å². The summed E-state index contributed by atoms with van der Waals surface area (Å²) < 4.78 is 29.6. The molecular weight excluding hydrogens is 1150 g/mol. The lowest BCUT2D eigenvalue weighted by Gasteiger charge is -2.42. The zero-order valence-electron chi connectivity index (χ0n) is 51.7. The van der Waals surface area contributed by atoms with Crippen LogP contribution in [0.25, 0.3) is 0 Å². The molecule has 0 spiro atoms. The second-order valence-corrected chi connectivity index (χ2v) is 24.4. The molecule has 8 amide bonds. The molecule has 3 saturated heterocycles. The average Bonchev–Trinajstić information content (AvgIpc) is 1.60. The third-order valence-corrected chi connectivity index (χ3v) is 17.5. The third-order valence-electron chi connectivity index (χ3n) is 17.1. The number of nitrogens with one attached hydrogen (secondary N) is 3. The number of urea groups is 1. The summed E-state index contributed by atoms with van der Waals surface area (Å²) in [4.78, 5) is 137. The number of hydrogen-bond acceptors (Lipinski definition) is 16. The molecule has 0 aliphatic carbocycles. The highest BCUT2D eigenvalue weighted by Gasteiger charge is 2.64. The third kappa shape index (κ3) is 17.5. The maximum absolute atomic E-state index is 14.5. The summed E-state index contributed by atoms with van der Waals surface area (Å²) in [6.07, 6.45) is 2.39. The molecule has 2 aromatic carbocycles. The summed E-state index contributed by atoms with van der Waals surface area (Å²) in [6, 6.07) is 6.65. The lowest BCUT2D eigenvalue weighted by atomic mass is 9.83. The summed E-state index contributed by atoms with van der Waals surface area (Å²) in [5, 5.41) is 19.9. The SMILES string of the molecule is COc1cc2cc(c1Cl)N(C)C(=O)C[C@H](OC(=O)[C@H](C)N(C)C(=O)c1ccc(CC(=O)[C@H](CCCNC(N)=O)NC(=O)[C@@H](CC(=O)CCCCCN3C(=O)CC(C)C3=O)C(C)C)cc1)[C@]1(C)O[C@H]1[C@H](C)[C@@H]1C[C@@](O)(NC(=O)O1)[C@H](OC)/C=C/C=C(\C)C2. The maximum atomic E-state index is 14.5. The number of amides is 8. The Morgan fingerprint density at radius 3 is 2.31 bits per heavy atom. The van der Waals surface area contributed by atoms with E-state index in [1.165, 1.54) is 62.1 Å². The zero-order valence-corrected chi connectivity index (χ0v) is 52.5. The van der Waals surface area contributed by atoms with Gasteiger partial charge in [-0.05, 0) is 94.2 Å². The number of unbranched alkanes of at least 4 members (excludes halogenated alkanes) is 2. The van der Waals surface area contributed by atoms with Crippen molar-refractivity contribution in [2.75, 3.05) is 46.3 Å². The molecule has 476 valence electrons. The zero-order chi connectivity index (χ0) is 64.2. The van der Waals surface area contributed by atoms with Gasteiger partial charge >= 0.3 is 18.1 Å². The van der Waals surface area contributed by atoms with Crippen LogP contribution in [0.1, 0.15) is 134 Å². The van der Waals surface area contributed by atoms with Crippen molar-refractivity contribution >= 4 is 76.5 Å². The van der Waals surface area contributed by atoms with Gasteiger partial charge in [-0.1, -0.05) is 81.7 Å². The van der Waals surface area contributed by atoms with Crippen LogP contribution in [-0.4, -0.2) is 163 Å². The highest BCUT2D eigenvalue weighted by molar-refractivity contribution is 6.35. The van der Waals surface area contributed by atoms with E-state index in [2.05, 4.69) is 16.0 Å². The van der Waals surface area contributed by atoms with Crippen molar-refractivity contribution in [2.24, 2.45) is 29.4 Å². The van der Waals surface area contributed by atoms with Crippen molar-refractivity contribution < 1.29 is 76.7 Å². The smallest absolute Gasteiger partial charge is 0.409 e. The second kappa shape index (κ2) is 30.1. The van der Waals surface area contributed by atoms with Crippen LogP contribution in [0.5, 0.6) is 5.75 Å². The molecule has 87 heavy (non-hydrogen) atoms. The number of imide groups is 1. The predicted molar refractivity (Wildman–Crippen MR) is 321 cm³/mol. The molecule has 4 bridgehead atoms. The summed E-state index contributed by atoms with van der Waals surface area (Å²) in [5.41, 5.74) is 4.61. The Labute approximate surface area is 513 Å². The van der Waals surface area contributed by atoms with Gasteiger partial charge in [-0.15, -0.1) is 0 Å². The Balaban J connectivity index is 1.14. The van der Waals surface area contributed by atoms with Crippen molar-refractivity contribution in [3.63, 3.8) is 0 Å². The summed E-state index contributed by atoms with van der Waals surface area (Å²) in [6.45, 7) is 12.6. The summed E-state index contributed by atoms with van der Waals surface area (Å²) in [7, 11) is 5.80. The molecule has 4 heterocycles.